The largest absolute Gasteiger partial charge is 0.456 e. The van der Waals surface area contributed by atoms with Gasteiger partial charge in [-0.15, -0.1) is 0 Å². The number of ether oxygens (including phenoxy) is 2. The number of thiocarbonyl (C=S) groups is 1. The van der Waals surface area contributed by atoms with Gasteiger partial charge in [-0.1, -0.05) is 24.3 Å². The van der Waals surface area contributed by atoms with Gasteiger partial charge >= 0.3 is 0 Å². The molecule has 3 aromatic carbocycles. The number of hydrogen-bond acceptors (Lipinski definition) is 5. The molecule has 0 aromatic heterocycles. The summed E-state index contributed by atoms with van der Waals surface area (Å²) in [5.74, 6) is 1.47. The number of nitrogens with zero attached hydrogens (tertiary/aromatic N) is 1. The van der Waals surface area contributed by atoms with Gasteiger partial charge in [-0.3, -0.25) is 0 Å². The Morgan fingerprint density at radius 1 is 1.00 bits per heavy atom. The minimum Gasteiger partial charge on any atom is -0.456 e. The van der Waals surface area contributed by atoms with E-state index in [1.54, 1.807) is 0 Å². The Bertz CT molecular complexity index is 1130. The highest BCUT2D eigenvalue weighted by Gasteiger charge is 2.49. The van der Waals surface area contributed by atoms with Gasteiger partial charge in [0.05, 0.1) is 17.5 Å². The quantitative estimate of drug-likeness (QED) is 0.354. The Kier molecular flexibility index (Phi) is 3.85. The van der Waals surface area contributed by atoms with Gasteiger partial charge in [0.1, 0.15) is 11.5 Å². The Morgan fingerprint density at radius 3 is 2.59 bits per heavy atom. The summed E-state index contributed by atoms with van der Waals surface area (Å²) in [6.07, 6.45) is 0. The van der Waals surface area contributed by atoms with Crippen LogP contribution in [0.4, 0.5) is 11.4 Å². The predicted octanol–water partition coefficient (Wildman–Crippen LogP) is 5.55. The van der Waals surface area contributed by atoms with E-state index in [1.807, 2.05) is 42.5 Å². The van der Waals surface area contributed by atoms with Gasteiger partial charge < -0.3 is 14.6 Å². The van der Waals surface area contributed by atoms with E-state index in [2.05, 4.69) is 42.8 Å². The molecular weight excluding hydrogens is 375 g/mol. The third-order valence-electron chi connectivity index (χ3n) is 5.11. The van der Waals surface area contributed by atoms with Crippen molar-refractivity contribution in [2.75, 3.05) is 5.09 Å². The van der Waals surface area contributed by atoms with E-state index in [9.17, 15) is 0 Å². The molecule has 132 valence electrons. The van der Waals surface area contributed by atoms with E-state index >= 15 is 0 Å². The second kappa shape index (κ2) is 6.26. The maximum Gasteiger partial charge on any atom is 0.151 e. The summed E-state index contributed by atoms with van der Waals surface area (Å²) in [6.45, 7) is 0.554. The van der Waals surface area contributed by atoms with Crippen LogP contribution in [0.25, 0.3) is 0 Å². The minimum absolute atomic E-state index is 0.554. The lowest BCUT2D eigenvalue weighted by Crippen LogP contribution is -2.32. The number of rotatable bonds is 2. The maximum absolute atomic E-state index is 6.51. The number of fused-ring (bicyclic) bond motifs is 6. The van der Waals surface area contributed by atoms with Gasteiger partial charge in [-0.05, 0) is 57.0 Å². The molecule has 0 amide bonds. The smallest absolute Gasteiger partial charge is 0.151 e. The SMILES string of the molecule is PNc1ccc2c(c1)Oc1cc(N=C=S)ccc1C21OCc2ccccc21. The molecule has 2 aliphatic heterocycles. The molecule has 1 N–H and O–H groups in total. The van der Waals surface area contributed by atoms with Crippen molar-refractivity contribution >= 4 is 38.1 Å². The summed E-state index contributed by atoms with van der Waals surface area (Å²) in [5, 5.41) is 5.50. The molecule has 2 heterocycles. The van der Waals surface area contributed by atoms with E-state index < -0.39 is 5.60 Å². The van der Waals surface area contributed by atoms with E-state index in [0.717, 1.165) is 28.1 Å². The first kappa shape index (κ1) is 16.6. The zero-order valence-corrected chi connectivity index (χ0v) is 16.2. The third kappa shape index (κ3) is 2.37. The summed E-state index contributed by atoms with van der Waals surface area (Å²) in [7, 11) is 2.51. The fourth-order valence-corrected chi connectivity index (χ4v) is 4.24. The average molecular weight is 390 g/mol. The van der Waals surface area contributed by atoms with Crippen LogP contribution in [0.5, 0.6) is 11.5 Å². The van der Waals surface area contributed by atoms with Crippen molar-refractivity contribution in [3.8, 4) is 11.5 Å². The third-order valence-corrected chi connectivity index (χ3v) is 5.53. The van der Waals surface area contributed by atoms with Crippen LogP contribution in [0.2, 0.25) is 0 Å². The number of isothiocyanates is 1. The van der Waals surface area contributed by atoms with Gasteiger partial charge in [0, 0.05) is 28.9 Å². The summed E-state index contributed by atoms with van der Waals surface area (Å²) < 4.78 is 12.8. The molecule has 0 fully saturated rings. The van der Waals surface area contributed by atoms with Crippen LogP contribution < -0.4 is 9.82 Å². The van der Waals surface area contributed by atoms with E-state index in [4.69, 9.17) is 21.7 Å². The normalized spacial score (nSPS) is 18.7. The van der Waals surface area contributed by atoms with Crippen molar-refractivity contribution in [3.63, 3.8) is 0 Å². The van der Waals surface area contributed by atoms with Crippen molar-refractivity contribution in [3.05, 3.63) is 82.9 Å². The molecule has 0 aliphatic carbocycles. The highest BCUT2D eigenvalue weighted by atomic mass is 32.1. The molecule has 2 unspecified atom stereocenters. The number of benzene rings is 3. The number of aliphatic imine (C=N–C) groups is 1. The first-order valence-corrected chi connectivity index (χ1v) is 9.48. The molecule has 1 spiro atoms. The van der Waals surface area contributed by atoms with Gasteiger partial charge in [-0.25, -0.2) is 0 Å². The average Bonchev–Trinajstić information content (AvgIpc) is 3.08. The number of hydrogen-bond donors (Lipinski definition) is 1. The van der Waals surface area contributed by atoms with Crippen molar-refractivity contribution in [1.82, 2.24) is 0 Å². The highest BCUT2D eigenvalue weighted by molar-refractivity contribution is 7.78. The highest BCUT2D eigenvalue weighted by Crippen LogP contribution is 2.56. The lowest BCUT2D eigenvalue weighted by molar-refractivity contribution is 0.0200. The van der Waals surface area contributed by atoms with Gasteiger partial charge in [0.2, 0.25) is 0 Å². The topological polar surface area (TPSA) is 42.8 Å². The second-order valence-electron chi connectivity index (χ2n) is 6.47. The zero-order chi connectivity index (χ0) is 18.4. The van der Waals surface area contributed by atoms with Crippen molar-refractivity contribution < 1.29 is 9.47 Å². The summed E-state index contributed by atoms with van der Waals surface area (Å²) >= 11 is 4.74. The summed E-state index contributed by atoms with van der Waals surface area (Å²) in [6, 6.07) is 20.2. The van der Waals surface area contributed by atoms with Crippen molar-refractivity contribution in [2.45, 2.75) is 12.2 Å². The molecule has 0 saturated carbocycles. The predicted molar refractivity (Wildman–Crippen MR) is 112 cm³/mol. The molecule has 4 nitrogen and oxygen atoms in total. The molecule has 6 heteroatoms. The Balaban J connectivity index is 1.83. The van der Waals surface area contributed by atoms with Crippen molar-refractivity contribution in [1.29, 1.82) is 0 Å². The summed E-state index contributed by atoms with van der Waals surface area (Å²) in [5.41, 5.74) is 5.24. The Hall–Kier alpha value is -2.55. The lowest BCUT2D eigenvalue weighted by atomic mass is 9.77. The fourth-order valence-electron chi connectivity index (χ4n) is 3.96. The molecule has 5 rings (SSSR count). The Morgan fingerprint density at radius 2 is 1.78 bits per heavy atom. The van der Waals surface area contributed by atoms with E-state index in [-0.39, 0.29) is 0 Å². The van der Waals surface area contributed by atoms with Crippen LogP contribution >= 0.6 is 21.6 Å². The molecule has 2 aliphatic rings. The molecule has 0 radical (unpaired) electrons. The molecule has 0 bridgehead atoms. The van der Waals surface area contributed by atoms with Gasteiger partial charge in [0.25, 0.3) is 0 Å². The van der Waals surface area contributed by atoms with Gasteiger partial charge in [-0.2, -0.15) is 4.99 Å². The molecule has 3 aromatic rings. The number of anilines is 1. The fraction of sp³-hybridized carbons (Fsp3) is 0.0952. The van der Waals surface area contributed by atoms with E-state index in [1.165, 1.54) is 5.56 Å². The van der Waals surface area contributed by atoms with Crippen molar-refractivity contribution in [2.24, 2.45) is 4.99 Å². The lowest BCUT2D eigenvalue weighted by Gasteiger charge is -2.37. The first-order valence-electron chi connectivity index (χ1n) is 8.50. The standard InChI is InChI=1S/C21H15N2O2PS/c26-23-15-6-8-18-20(10-15)25-19-9-14(22-12-27)5-7-17(19)21(18)16-4-2-1-3-13(16)11-24-21/h1-10,23H,11,26H2. The van der Waals surface area contributed by atoms with Crippen LogP contribution in [-0.2, 0) is 16.9 Å². The first-order chi connectivity index (χ1) is 13.3. The van der Waals surface area contributed by atoms with Crippen LogP contribution in [0.3, 0.4) is 0 Å². The molecule has 0 saturated heterocycles. The van der Waals surface area contributed by atoms with E-state index in [0.29, 0.717) is 18.0 Å². The van der Waals surface area contributed by atoms with Crippen LogP contribution in [0, 0.1) is 0 Å². The monoisotopic (exact) mass is 390 g/mol. The van der Waals surface area contributed by atoms with Crippen LogP contribution in [0.15, 0.2) is 65.7 Å². The minimum atomic E-state index is -0.696. The second-order valence-corrected chi connectivity index (χ2v) is 6.94. The molecule has 2 atom stereocenters. The van der Waals surface area contributed by atoms with Gasteiger partial charge in [0.15, 0.2) is 5.60 Å². The number of nitrogens with one attached hydrogen (secondary N) is 1. The summed E-state index contributed by atoms with van der Waals surface area (Å²) in [4.78, 5) is 4.09. The zero-order valence-electron chi connectivity index (χ0n) is 14.2. The van der Waals surface area contributed by atoms with Crippen LogP contribution in [0.1, 0.15) is 22.3 Å². The molecular formula is C21H15N2O2PS. The maximum atomic E-state index is 6.51. The molecule has 27 heavy (non-hydrogen) atoms. The Labute approximate surface area is 164 Å². The van der Waals surface area contributed by atoms with Crippen LogP contribution in [-0.4, -0.2) is 5.16 Å².